The number of unbranched alkanes of at least 4 members (excludes halogenated alkanes) is 14. The average Bonchev–Trinajstić information content (AvgIpc) is 3.16. The molecule has 0 aromatic heterocycles. The van der Waals surface area contributed by atoms with Crippen LogP contribution in [0.25, 0.3) is 0 Å². The lowest BCUT2D eigenvalue weighted by molar-refractivity contribution is -0.130. The standard InChI is InChI=1S/C22H42FNO/c23-19-15-13-11-9-7-5-3-1-2-4-6-8-10-12-14-18-22(25)24-20-16-17-21-24/h1-21H2. The summed E-state index contributed by atoms with van der Waals surface area (Å²) < 4.78 is 11.9. The van der Waals surface area contributed by atoms with E-state index < -0.39 is 0 Å². The number of carbonyl (C=O) groups excluding carboxylic acids is 1. The molecule has 1 aliphatic heterocycles. The highest BCUT2D eigenvalue weighted by Gasteiger charge is 2.16. The minimum absolute atomic E-state index is 0.142. The molecule has 25 heavy (non-hydrogen) atoms. The van der Waals surface area contributed by atoms with Crippen LogP contribution < -0.4 is 0 Å². The molecular formula is C22H42FNO. The van der Waals surface area contributed by atoms with E-state index in [4.69, 9.17) is 0 Å². The summed E-state index contributed by atoms with van der Waals surface area (Å²) in [5, 5.41) is 0. The molecule has 0 radical (unpaired) electrons. The van der Waals surface area contributed by atoms with Crippen molar-refractivity contribution in [1.29, 1.82) is 0 Å². The number of halogens is 1. The second-order valence-corrected chi connectivity index (χ2v) is 7.83. The smallest absolute Gasteiger partial charge is 0.222 e. The van der Waals surface area contributed by atoms with Crippen molar-refractivity contribution >= 4 is 5.91 Å². The second-order valence-electron chi connectivity index (χ2n) is 7.83. The molecule has 1 heterocycles. The molecule has 3 heteroatoms. The largest absolute Gasteiger partial charge is 0.343 e. The van der Waals surface area contributed by atoms with Gasteiger partial charge in [0, 0.05) is 19.5 Å². The zero-order chi connectivity index (χ0) is 18.0. The van der Waals surface area contributed by atoms with Gasteiger partial charge in [0.05, 0.1) is 6.67 Å². The predicted molar refractivity (Wildman–Crippen MR) is 106 cm³/mol. The Morgan fingerprint density at radius 3 is 1.36 bits per heavy atom. The first-order chi connectivity index (χ1) is 12.3. The molecule has 2 nitrogen and oxygen atoms in total. The van der Waals surface area contributed by atoms with Crippen molar-refractivity contribution in [3.05, 3.63) is 0 Å². The summed E-state index contributed by atoms with van der Waals surface area (Å²) in [4.78, 5) is 13.9. The summed E-state index contributed by atoms with van der Waals surface area (Å²) in [5.74, 6) is 0.389. The van der Waals surface area contributed by atoms with E-state index >= 15 is 0 Å². The van der Waals surface area contributed by atoms with Crippen LogP contribution in [-0.2, 0) is 4.79 Å². The lowest BCUT2D eigenvalue weighted by Gasteiger charge is -2.14. The number of carbonyl (C=O) groups is 1. The van der Waals surface area contributed by atoms with Crippen molar-refractivity contribution in [3.63, 3.8) is 0 Å². The predicted octanol–water partition coefficient (Wildman–Crippen LogP) is 6.82. The molecule has 0 atom stereocenters. The highest BCUT2D eigenvalue weighted by Crippen LogP contribution is 2.15. The number of hydrogen-bond donors (Lipinski definition) is 0. The normalized spacial score (nSPS) is 14.4. The first kappa shape index (κ1) is 22.4. The summed E-state index contributed by atoms with van der Waals surface area (Å²) in [7, 11) is 0. The first-order valence-corrected chi connectivity index (χ1v) is 11.2. The molecule has 0 N–H and O–H groups in total. The fourth-order valence-corrected chi connectivity index (χ4v) is 3.79. The van der Waals surface area contributed by atoms with Crippen molar-refractivity contribution in [2.45, 2.75) is 116 Å². The summed E-state index contributed by atoms with van der Waals surface area (Å²) in [6.07, 6.45) is 22.0. The average molecular weight is 356 g/mol. The van der Waals surface area contributed by atoms with E-state index in [0.717, 1.165) is 38.8 Å². The number of alkyl halides is 1. The maximum Gasteiger partial charge on any atom is 0.222 e. The van der Waals surface area contributed by atoms with Crippen molar-refractivity contribution in [2.75, 3.05) is 19.8 Å². The Labute approximate surface area is 155 Å². The van der Waals surface area contributed by atoms with Gasteiger partial charge >= 0.3 is 0 Å². The van der Waals surface area contributed by atoms with E-state index in [-0.39, 0.29) is 6.67 Å². The van der Waals surface area contributed by atoms with Crippen molar-refractivity contribution < 1.29 is 9.18 Å². The van der Waals surface area contributed by atoms with Gasteiger partial charge in [0.1, 0.15) is 0 Å². The van der Waals surface area contributed by atoms with Gasteiger partial charge < -0.3 is 4.90 Å². The number of nitrogens with zero attached hydrogens (tertiary/aromatic N) is 1. The van der Waals surface area contributed by atoms with Gasteiger partial charge in [0.15, 0.2) is 0 Å². The number of hydrogen-bond acceptors (Lipinski definition) is 1. The molecule has 0 aromatic carbocycles. The van der Waals surface area contributed by atoms with Gasteiger partial charge in [-0.25, -0.2) is 0 Å². The first-order valence-electron chi connectivity index (χ1n) is 11.2. The molecule has 0 aromatic rings. The third kappa shape index (κ3) is 13.3. The molecule has 0 saturated carbocycles. The number of amides is 1. The van der Waals surface area contributed by atoms with E-state index in [1.165, 1.54) is 89.9 Å². The van der Waals surface area contributed by atoms with Crippen LogP contribution in [0.5, 0.6) is 0 Å². The Bertz CT molecular complexity index is 302. The SMILES string of the molecule is O=C(CCCCCCCCCCCCCCCCCF)N1CCCC1. The van der Waals surface area contributed by atoms with Crippen LogP contribution in [0.1, 0.15) is 116 Å². The summed E-state index contributed by atoms with van der Waals surface area (Å²) in [6.45, 7) is 1.85. The Morgan fingerprint density at radius 2 is 0.960 bits per heavy atom. The summed E-state index contributed by atoms with van der Waals surface area (Å²) >= 11 is 0. The molecule has 0 unspecified atom stereocenters. The Kier molecular flexibility index (Phi) is 15.1. The van der Waals surface area contributed by atoms with Crippen molar-refractivity contribution in [3.8, 4) is 0 Å². The minimum atomic E-state index is -0.142. The van der Waals surface area contributed by atoms with Crippen LogP contribution in [0.2, 0.25) is 0 Å². The second kappa shape index (κ2) is 16.8. The number of likely N-dealkylation sites (tertiary alicyclic amines) is 1. The topological polar surface area (TPSA) is 20.3 Å². The van der Waals surface area contributed by atoms with Gasteiger partial charge in [-0.15, -0.1) is 0 Å². The molecular weight excluding hydrogens is 313 g/mol. The fraction of sp³-hybridized carbons (Fsp3) is 0.955. The summed E-state index contributed by atoms with van der Waals surface area (Å²) in [6, 6.07) is 0. The van der Waals surface area contributed by atoms with Gasteiger partial charge in [-0.1, -0.05) is 83.5 Å². The summed E-state index contributed by atoms with van der Waals surface area (Å²) in [5.41, 5.74) is 0. The molecule has 1 fully saturated rings. The lowest BCUT2D eigenvalue weighted by atomic mass is 10.0. The van der Waals surface area contributed by atoms with Gasteiger partial charge in [0.25, 0.3) is 0 Å². The van der Waals surface area contributed by atoms with E-state index in [0.29, 0.717) is 5.91 Å². The number of rotatable bonds is 17. The highest BCUT2D eigenvalue weighted by molar-refractivity contribution is 5.76. The fourth-order valence-electron chi connectivity index (χ4n) is 3.79. The van der Waals surface area contributed by atoms with Crippen LogP contribution in [0, 0.1) is 0 Å². The van der Waals surface area contributed by atoms with Crippen molar-refractivity contribution in [1.82, 2.24) is 4.90 Å². The molecule has 0 spiro atoms. The van der Waals surface area contributed by atoms with Crippen LogP contribution in [0.3, 0.4) is 0 Å². The molecule has 0 aliphatic carbocycles. The maximum atomic E-state index is 11.9. The van der Waals surface area contributed by atoms with Gasteiger partial charge in [0.2, 0.25) is 5.91 Å². The molecule has 1 aliphatic rings. The zero-order valence-electron chi connectivity index (χ0n) is 16.6. The van der Waals surface area contributed by atoms with E-state index in [1.807, 2.05) is 4.90 Å². The lowest BCUT2D eigenvalue weighted by Crippen LogP contribution is -2.27. The maximum absolute atomic E-state index is 11.9. The van der Waals surface area contributed by atoms with Crippen LogP contribution in [0.15, 0.2) is 0 Å². The van der Waals surface area contributed by atoms with Crippen molar-refractivity contribution in [2.24, 2.45) is 0 Å². The van der Waals surface area contributed by atoms with E-state index in [1.54, 1.807) is 0 Å². The van der Waals surface area contributed by atoms with Crippen LogP contribution in [0.4, 0.5) is 4.39 Å². The third-order valence-corrected chi connectivity index (χ3v) is 5.48. The molecule has 1 rings (SSSR count). The molecule has 0 bridgehead atoms. The third-order valence-electron chi connectivity index (χ3n) is 5.48. The van der Waals surface area contributed by atoms with Crippen LogP contribution >= 0.6 is 0 Å². The zero-order valence-corrected chi connectivity index (χ0v) is 16.6. The minimum Gasteiger partial charge on any atom is -0.343 e. The van der Waals surface area contributed by atoms with Gasteiger partial charge in [-0.3, -0.25) is 9.18 Å². The van der Waals surface area contributed by atoms with E-state index in [2.05, 4.69) is 0 Å². The monoisotopic (exact) mass is 355 g/mol. The van der Waals surface area contributed by atoms with Gasteiger partial charge in [-0.2, -0.15) is 0 Å². The highest BCUT2D eigenvalue weighted by atomic mass is 19.1. The molecule has 1 amide bonds. The van der Waals surface area contributed by atoms with Gasteiger partial charge in [-0.05, 0) is 25.7 Å². The Balaban J connectivity index is 1.70. The Morgan fingerprint density at radius 1 is 0.600 bits per heavy atom. The quantitative estimate of drug-likeness (QED) is 0.262. The molecule has 148 valence electrons. The van der Waals surface area contributed by atoms with E-state index in [9.17, 15) is 9.18 Å². The van der Waals surface area contributed by atoms with Crippen LogP contribution in [-0.4, -0.2) is 30.6 Å². The Hall–Kier alpha value is -0.600. The molecule has 1 saturated heterocycles.